The van der Waals surface area contributed by atoms with Crippen LogP contribution in [0.3, 0.4) is 0 Å². The van der Waals surface area contributed by atoms with Gasteiger partial charge in [0.05, 0.1) is 18.7 Å². The fraction of sp³-hybridized carbons (Fsp3) is 0.426. The number of piperazine rings is 1. The van der Waals surface area contributed by atoms with Crippen molar-refractivity contribution in [3.05, 3.63) is 103 Å². The fourth-order valence-corrected chi connectivity index (χ4v) is 10.2. The Balaban J connectivity index is 0.658. The third kappa shape index (κ3) is 8.33. The first kappa shape index (κ1) is 39.8. The van der Waals surface area contributed by atoms with Crippen LogP contribution in [0.1, 0.15) is 68.0 Å². The van der Waals surface area contributed by atoms with Crippen LogP contribution < -0.4 is 25.6 Å². The topological polar surface area (TPSA) is 167 Å². The third-order valence-electron chi connectivity index (χ3n) is 13.8. The van der Waals surface area contributed by atoms with Crippen molar-refractivity contribution < 1.29 is 23.9 Å². The average molecular weight is 837 g/mol. The molecule has 4 amide bonds. The summed E-state index contributed by atoms with van der Waals surface area (Å²) < 4.78 is 8.01. The first-order valence-corrected chi connectivity index (χ1v) is 22.0. The molecule has 1 spiro atoms. The first-order chi connectivity index (χ1) is 30.2. The molecule has 5 fully saturated rings. The molecule has 5 aromatic rings. The molecule has 320 valence electrons. The maximum atomic E-state index is 13.2. The second-order valence-corrected chi connectivity index (χ2v) is 17.8. The van der Waals surface area contributed by atoms with Crippen molar-refractivity contribution in [3.8, 4) is 5.75 Å². The van der Waals surface area contributed by atoms with Gasteiger partial charge < -0.3 is 29.7 Å². The number of carbonyl (C=O) groups is 4. The number of ether oxygens (including phenoxy) is 1. The zero-order valence-electron chi connectivity index (χ0n) is 34.7. The van der Waals surface area contributed by atoms with E-state index in [9.17, 15) is 19.2 Å². The Kier molecular flexibility index (Phi) is 10.8. The number of anilines is 3. The molecular formula is C47H52N10O5. The number of piperidine rings is 1. The molecule has 1 atom stereocenters. The van der Waals surface area contributed by atoms with Gasteiger partial charge in [0.1, 0.15) is 12.1 Å². The van der Waals surface area contributed by atoms with Gasteiger partial charge >= 0.3 is 0 Å². The largest absolute Gasteiger partial charge is 0.484 e. The molecule has 3 aliphatic heterocycles. The number of imidazole rings is 1. The minimum absolute atomic E-state index is 0.00554. The molecule has 5 heterocycles. The molecule has 10 rings (SSSR count). The number of likely N-dealkylation sites (tertiary alicyclic amines) is 1. The van der Waals surface area contributed by atoms with Gasteiger partial charge in [-0.1, -0.05) is 42.5 Å². The Morgan fingerprint density at radius 1 is 0.871 bits per heavy atom. The molecule has 15 nitrogen and oxygen atoms in total. The summed E-state index contributed by atoms with van der Waals surface area (Å²) in [6.45, 7) is 5.46. The predicted molar refractivity (Wildman–Crippen MR) is 233 cm³/mol. The van der Waals surface area contributed by atoms with Gasteiger partial charge in [-0.25, -0.2) is 15.0 Å². The Morgan fingerprint density at radius 2 is 1.68 bits per heavy atom. The first-order valence-electron chi connectivity index (χ1n) is 22.0. The highest BCUT2D eigenvalue weighted by molar-refractivity contribution is 6.01. The molecule has 15 heteroatoms. The summed E-state index contributed by atoms with van der Waals surface area (Å²) in [7, 11) is 0. The van der Waals surface area contributed by atoms with E-state index in [0.717, 1.165) is 99.4 Å². The van der Waals surface area contributed by atoms with Crippen LogP contribution in [-0.4, -0.2) is 111 Å². The normalized spacial score (nSPS) is 25.0. The molecule has 3 saturated heterocycles. The molecule has 5 aliphatic rings. The van der Waals surface area contributed by atoms with Crippen LogP contribution in [0.5, 0.6) is 5.75 Å². The molecule has 2 saturated carbocycles. The SMILES string of the molecule is O=C1CCC(c2cccc(OCC(=O)N3CCC4(CC(N5CCN(c6ccc(Nc7ncnc8c7ncn8C7CC(NC(=O)Cc8ccccc8)C7)cc6)CC5)C4)C3)c2)C(=O)N1. The molecule has 1 unspecified atom stereocenters. The number of hydrogen-bond donors (Lipinski definition) is 3. The summed E-state index contributed by atoms with van der Waals surface area (Å²) >= 11 is 0. The summed E-state index contributed by atoms with van der Waals surface area (Å²) in [5, 5.41) is 9.04. The van der Waals surface area contributed by atoms with E-state index < -0.39 is 0 Å². The standard InChI is InChI=1S/C47H52N10O5/c58-40-14-13-39(46(61)53-40)32-7-4-8-38(22-32)62-27-42(60)56-16-15-47(28-56)25-37(26-47)55-19-17-54(18-20-55)35-11-9-33(10-12-35)52-44-43-45(49-29-48-44)57(30-50-43)36-23-34(24-36)51-41(59)21-31-5-2-1-3-6-31/h1-12,22,29-30,34,36-37,39H,13-21,23-28H2,(H,51,59)(H,48,49,52)(H,53,58,61). The monoisotopic (exact) mass is 836 g/mol. The number of rotatable bonds is 12. The highest BCUT2D eigenvalue weighted by atomic mass is 16.5. The predicted octanol–water partition coefficient (Wildman–Crippen LogP) is 4.73. The van der Waals surface area contributed by atoms with Gasteiger partial charge in [0, 0.05) is 75.2 Å². The van der Waals surface area contributed by atoms with Crippen LogP contribution in [0.25, 0.3) is 11.2 Å². The van der Waals surface area contributed by atoms with E-state index >= 15 is 0 Å². The quantitative estimate of drug-likeness (QED) is 0.149. The van der Waals surface area contributed by atoms with Crippen LogP contribution in [0.15, 0.2) is 91.5 Å². The molecule has 2 aliphatic carbocycles. The van der Waals surface area contributed by atoms with Crippen molar-refractivity contribution >= 4 is 52.0 Å². The number of benzene rings is 3. The van der Waals surface area contributed by atoms with Gasteiger partial charge in [-0.2, -0.15) is 0 Å². The van der Waals surface area contributed by atoms with Crippen molar-refractivity contribution in [1.29, 1.82) is 0 Å². The van der Waals surface area contributed by atoms with Crippen LogP contribution in [0, 0.1) is 5.41 Å². The summed E-state index contributed by atoms with van der Waals surface area (Å²) in [5.74, 6) is 0.350. The van der Waals surface area contributed by atoms with Crippen LogP contribution in [-0.2, 0) is 25.6 Å². The smallest absolute Gasteiger partial charge is 0.260 e. The summed E-state index contributed by atoms with van der Waals surface area (Å²) in [5.41, 5.74) is 5.64. The van der Waals surface area contributed by atoms with E-state index in [0.29, 0.717) is 36.9 Å². The average Bonchev–Trinajstić information content (AvgIpc) is 3.91. The van der Waals surface area contributed by atoms with Gasteiger partial charge in [-0.15, -0.1) is 0 Å². The number of nitrogens with one attached hydrogen (secondary N) is 3. The highest BCUT2D eigenvalue weighted by Crippen LogP contribution is 2.50. The zero-order valence-corrected chi connectivity index (χ0v) is 34.7. The molecule has 62 heavy (non-hydrogen) atoms. The fourth-order valence-electron chi connectivity index (χ4n) is 10.2. The van der Waals surface area contributed by atoms with Gasteiger partial charge in [-0.3, -0.25) is 29.4 Å². The van der Waals surface area contributed by atoms with Gasteiger partial charge in [-0.05, 0) is 91.5 Å². The lowest BCUT2D eigenvalue weighted by Crippen LogP contribution is -2.57. The highest BCUT2D eigenvalue weighted by Gasteiger charge is 2.51. The van der Waals surface area contributed by atoms with E-state index in [-0.39, 0.29) is 53.7 Å². The number of nitrogens with zero attached hydrogens (tertiary/aromatic N) is 7. The van der Waals surface area contributed by atoms with Crippen LogP contribution in [0.4, 0.5) is 17.2 Å². The van der Waals surface area contributed by atoms with Crippen molar-refractivity contribution in [2.45, 2.75) is 75.4 Å². The molecule has 2 aromatic heterocycles. The Morgan fingerprint density at radius 3 is 2.47 bits per heavy atom. The number of amides is 4. The van der Waals surface area contributed by atoms with Crippen molar-refractivity contribution in [2.24, 2.45) is 5.41 Å². The molecule has 0 radical (unpaired) electrons. The van der Waals surface area contributed by atoms with E-state index in [2.05, 4.69) is 64.6 Å². The lowest BCUT2D eigenvalue weighted by molar-refractivity contribution is -0.135. The minimum Gasteiger partial charge on any atom is -0.484 e. The number of aromatic nitrogens is 4. The third-order valence-corrected chi connectivity index (χ3v) is 13.8. The second-order valence-electron chi connectivity index (χ2n) is 17.8. The van der Waals surface area contributed by atoms with Crippen molar-refractivity contribution in [2.75, 3.05) is 56.1 Å². The minimum atomic E-state index is -0.390. The van der Waals surface area contributed by atoms with Crippen molar-refractivity contribution in [3.63, 3.8) is 0 Å². The van der Waals surface area contributed by atoms with E-state index in [1.807, 2.05) is 53.7 Å². The van der Waals surface area contributed by atoms with Gasteiger partial charge in [0.2, 0.25) is 17.7 Å². The Labute approximate surface area is 360 Å². The molecule has 3 N–H and O–H groups in total. The number of fused-ring (bicyclic) bond motifs is 1. The van der Waals surface area contributed by atoms with E-state index in [4.69, 9.17) is 9.72 Å². The van der Waals surface area contributed by atoms with E-state index in [1.54, 1.807) is 18.5 Å². The maximum absolute atomic E-state index is 13.2. The summed E-state index contributed by atoms with van der Waals surface area (Å²) in [6.07, 6.45) is 9.53. The lowest BCUT2D eigenvalue weighted by atomic mass is 9.64. The summed E-state index contributed by atoms with van der Waals surface area (Å²) in [4.78, 5) is 70.5. The van der Waals surface area contributed by atoms with Gasteiger partial charge in [0.15, 0.2) is 23.6 Å². The Bertz CT molecular complexity index is 2460. The number of carbonyl (C=O) groups excluding carboxylic acids is 4. The van der Waals surface area contributed by atoms with Crippen LogP contribution >= 0.6 is 0 Å². The maximum Gasteiger partial charge on any atom is 0.260 e. The van der Waals surface area contributed by atoms with Crippen molar-refractivity contribution in [1.82, 2.24) is 40.0 Å². The number of imide groups is 1. The van der Waals surface area contributed by atoms with E-state index in [1.165, 1.54) is 5.69 Å². The molecule has 0 bridgehead atoms. The van der Waals surface area contributed by atoms with Gasteiger partial charge in [0.25, 0.3) is 5.91 Å². The number of hydrogen-bond acceptors (Lipinski definition) is 11. The summed E-state index contributed by atoms with van der Waals surface area (Å²) in [6, 6.07) is 26.5. The van der Waals surface area contributed by atoms with Crippen LogP contribution in [0.2, 0.25) is 0 Å². The Hall–Kier alpha value is -6.35. The lowest BCUT2D eigenvalue weighted by Gasteiger charge is -2.52. The zero-order chi connectivity index (χ0) is 42.2. The molecule has 3 aromatic carbocycles. The second kappa shape index (κ2) is 16.8. The molecular weight excluding hydrogens is 785 g/mol.